The van der Waals surface area contributed by atoms with Crippen LogP contribution in [0.4, 0.5) is 19.2 Å². The van der Waals surface area contributed by atoms with E-state index >= 15 is 0 Å². The third kappa shape index (κ3) is 3.87. The van der Waals surface area contributed by atoms with Gasteiger partial charge in [0.1, 0.15) is 17.5 Å². The van der Waals surface area contributed by atoms with Gasteiger partial charge in [-0.1, -0.05) is 5.10 Å². The summed E-state index contributed by atoms with van der Waals surface area (Å²) in [6.07, 6.45) is 0. The normalized spacial score (nSPS) is 12.4. The van der Waals surface area contributed by atoms with E-state index in [0.717, 1.165) is 12.1 Å². The van der Waals surface area contributed by atoms with Crippen molar-refractivity contribution in [2.75, 3.05) is 17.6 Å². The lowest BCUT2D eigenvalue weighted by molar-refractivity contribution is 0.583. The van der Waals surface area contributed by atoms with Crippen LogP contribution < -0.4 is 10.5 Å². The van der Waals surface area contributed by atoms with Gasteiger partial charge in [0.2, 0.25) is 0 Å². The van der Waals surface area contributed by atoms with Gasteiger partial charge in [0.05, 0.1) is 33.5 Å². The lowest BCUT2D eigenvalue weighted by Gasteiger charge is -2.02. The second-order valence-corrected chi connectivity index (χ2v) is 7.29. The Labute approximate surface area is 164 Å². The van der Waals surface area contributed by atoms with Gasteiger partial charge in [-0.2, -0.15) is 0 Å². The molecule has 0 aliphatic carbocycles. The minimum atomic E-state index is -1.49. The van der Waals surface area contributed by atoms with Crippen molar-refractivity contribution in [2.24, 2.45) is 5.14 Å². The van der Waals surface area contributed by atoms with Gasteiger partial charge < -0.3 is 14.7 Å². The SMILES string of the molecule is NS(=O)CCNc1nnc(-c2c(-c3ccc(F)cc3)[nH]c3c(F)cc(F)cc23)o1. The van der Waals surface area contributed by atoms with Gasteiger partial charge in [0, 0.05) is 18.0 Å². The number of nitrogens with one attached hydrogen (secondary N) is 2. The van der Waals surface area contributed by atoms with Gasteiger partial charge in [0.25, 0.3) is 5.89 Å². The highest BCUT2D eigenvalue weighted by atomic mass is 32.2. The zero-order chi connectivity index (χ0) is 20.5. The molecule has 150 valence electrons. The summed E-state index contributed by atoms with van der Waals surface area (Å²) >= 11 is 0. The summed E-state index contributed by atoms with van der Waals surface area (Å²) in [5, 5.41) is 15.9. The Balaban J connectivity index is 1.84. The Hall–Kier alpha value is -3.18. The zero-order valence-electron chi connectivity index (χ0n) is 14.7. The minimum absolute atomic E-state index is 0.00283. The van der Waals surface area contributed by atoms with Crippen LogP contribution in [-0.4, -0.2) is 31.7 Å². The minimum Gasteiger partial charge on any atom is -0.403 e. The van der Waals surface area contributed by atoms with Crippen molar-refractivity contribution in [3.05, 3.63) is 53.8 Å². The molecular formula is C18H14F3N5O2S. The second-order valence-electron chi connectivity index (χ2n) is 6.12. The Kier molecular flexibility index (Phi) is 5.07. The van der Waals surface area contributed by atoms with Crippen molar-refractivity contribution in [1.29, 1.82) is 0 Å². The van der Waals surface area contributed by atoms with Crippen molar-refractivity contribution in [2.45, 2.75) is 0 Å². The van der Waals surface area contributed by atoms with E-state index in [1.54, 1.807) is 0 Å². The van der Waals surface area contributed by atoms with Crippen molar-refractivity contribution >= 4 is 27.9 Å². The molecule has 7 nitrogen and oxygen atoms in total. The van der Waals surface area contributed by atoms with Crippen molar-refractivity contribution in [3.63, 3.8) is 0 Å². The first-order valence-corrected chi connectivity index (χ1v) is 9.78. The third-order valence-corrected chi connectivity index (χ3v) is 4.78. The fraction of sp³-hybridized carbons (Fsp3) is 0.111. The number of nitrogens with zero attached hydrogens (tertiary/aromatic N) is 2. The number of H-pyrrole nitrogens is 1. The number of nitrogens with two attached hydrogens (primary N) is 1. The molecule has 0 saturated carbocycles. The summed E-state index contributed by atoms with van der Waals surface area (Å²) in [4.78, 5) is 2.89. The van der Waals surface area contributed by atoms with Gasteiger partial charge >= 0.3 is 6.01 Å². The molecule has 29 heavy (non-hydrogen) atoms. The van der Waals surface area contributed by atoms with Crippen LogP contribution in [0, 0.1) is 17.5 Å². The van der Waals surface area contributed by atoms with Crippen LogP contribution in [0.25, 0.3) is 33.6 Å². The molecule has 0 aliphatic rings. The highest BCUT2D eigenvalue weighted by Crippen LogP contribution is 2.39. The number of aromatic amines is 1. The number of hydrogen-bond acceptors (Lipinski definition) is 5. The van der Waals surface area contributed by atoms with Gasteiger partial charge in [-0.15, -0.1) is 5.10 Å². The van der Waals surface area contributed by atoms with Crippen LogP contribution in [0.5, 0.6) is 0 Å². The Morgan fingerprint density at radius 1 is 1.10 bits per heavy atom. The van der Waals surface area contributed by atoms with Crippen molar-refractivity contribution < 1.29 is 21.8 Å². The molecule has 1 unspecified atom stereocenters. The summed E-state index contributed by atoms with van der Waals surface area (Å²) in [5.74, 6) is -1.84. The first-order chi connectivity index (χ1) is 13.9. The Morgan fingerprint density at radius 3 is 2.59 bits per heavy atom. The molecule has 0 spiro atoms. The maximum Gasteiger partial charge on any atom is 0.315 e. The molecule has 0 saturated heterocycles. The van der Waals surface area contributed by atoms with E-state index in [1.165, 1.54) is 24.3 Å². The van der Waals surface area contributed by atoms with Crippen LogP contribution in [-0.2, 0) is 11.0 Å². The maximum atomic E-state index is 14.3. The standard InChI is InChI=1S/C18H14F3N5O2S/c19-10-3-1-9(2-4-10)15-14(12-7-11(20)8-13(21)16(12)24-15)17-25-26-18(28-17)23-5-6-29(22)27/h1-4,7-8,24H,5-6,22H2,(H,23,26). The topological polar surface area (TPSA) is 110 Å². The molecule has 2 aromatic heterocycles. The van der Waals surface area contributed by atoms with Crippen LogP contribution in [0.2, 0.25) is 0 Å². The van der Waals surface area contributed by atoms with Gasteiger partial charge in [-0.05, 0) is 35.9 Å². The van der Waals surface area contributed by atoms with Crippen molar-refractivity contribution in [1.82, 2.24) is 15.2 Å². The number of hydrogen-bond donors (Lipinski definition) is 3. The summed E-state index contributed by atoms with van der Waals surface area (Å²) in [6.45, 7) is 0.229. The molecule has 0 radical (unpaired) electrons. The van der Waals surface area contributed by atoms with E-state index in [2.05, 4.69) is 20.5 Å². The number of aromatic nitrogens is 3. The first kappa shape index (κ1) is 19.2. The van der Waals surface area contributed by atoms with Crippen molar-refractivity contribution in [3.8, 4) is 22.7 Å². The molecule has 11 heteroatoms. The monoisotopic (exact) mass is 421 g/mol. The van der Waals surface area contributed by atoms with Crippen LogP contribution in [0.15, 0.2) is 40.8 Å². The molecular weight excluding hydrogens is 407 g/mol. The predicted molar refractivity (Wildman–Crippen MR) is 103 cm³/mol. The summed E-state index contributed by atoms with van der Waals surface area (Å²) < 4.78 is 58.1. The largest absolute Gasteiger partial charge is 0.403 e. The molecule has 1 atom stereocenters. The average molecular weight is 421 g/mol. The molecule has 0 amide bonds. The fourth-order valence-electron chi connectivity index (χ4n) is 2.93. The fourth-order valence-corrected chi connectivity index (χ4v) is 3.23. The van der Waals surface area contributed by atoms with Gasteiger partial charge in [-0.25, -0.2) is 17.4 Å². The quantitative estimate of drug-likeness (QED) is 0.442. The van der Waals surface area contributed by atoms with E-state index in [4.69, 9.17) is 9.56 Å². The lowest BCUT2D eigenvalue weighted by Crippen LogP contribution is -2.16. The maximum absolute atomic E-state index is 14.3. The van der Waals surface area contributed by atoms with E-state index in [1.807, 2.05) is 0 Å². The molecule has 4 rings (SSSR count). The average Bonchev–Trinajstić information content (AvgIpc) is 3.26. The Morgan fingerprint density at radius 2 is 1.86 bits per heavy atom. The van der Waals surface area contributed by atoms with E-state index in [9.17, 15) is 17.4 Å². The summed E-state index contributed by atoms with van der Waals surface area (Å²) in [7, 11) is -1.49. The summed E-state index contributed by atoms with van der Waals surface area (Å²) in [6, 6.07) is 7.40. The van der Waals surface area contributed by atoms with E-state index < -0.39 is 28.4 Å². The number of anilines is 1. The number of benzene rings is 2. The third-order valence-electron chi connectivity index (χ3n) is 4.18. The molecule has 0 fully saturated rings. The molecule has 0 aliphatic heterocycles. The second kappa shape index (κ2) is 7.68. The molecule has 2 heterocycles. The lowest BCUT2D eigenvalue weighted by atomic mass is 10.0. The molecule has 0 bridgehead atoms. The zero-order valence-corrected chi connectivity index (χ0v) is 15.5. The molecule has 4 N–H and O–H groups in total. The number of halogens is 3. The van der Waals surface area contributed by atoms with Crippen LogP contribution in [0.3, 0.4) is 0 Å². The van der Waals surface area contributed by atoms with Crippen LogP contribution in [0.1, 0.15) is 0 Å². The highest BCUT2D eigenvalue weighted by Gasteiger charge is 2.23. The molecule has 4 aromatic rings. The van der Waals surface area contributed by atoms with Gasteiger partial charge in [0.15, 0.2) is 0 Å². The van der Waals surface area contributed by atoms with Gasteiger partial charge in [-0.3, -0.25) is 5.14 Å². The Bertz CT molecular complexity index is 1210. The van der Waals surface area contributed by atoms with E-state index in [0.29, 0.717) is 11.3 Å². The number of fused-ring (bicyclic) bond motifs is 1. The van der Waals surface area contributed by atoms with Crippen LogP contribution >= 0.6 is 0 Å². The number of rotatable bonds is 6. The predicted octanol–water partition coefficient (Wildman–Crippen LogP) is 3.34. The smallest absolute Gasteiger partial charge is 0.315 e. The first-order valence-electron chi connectivity index (χ1n) is 8.39. The molecule has 2 aromatic carbocycles. The highest BCUT2D eigenvalue weighted by molar-refractivity contribution is 7.82. The van der Waals surface area contributed by atoms with E-state index in [-0.39, 0.29) is 40.7 Å². The summed E-state index contributed by atoms with van der Waals surface area (Å²) in [5.41, 5.74) is 1.20.